The van der Waals surface area contributed by atoms with Gasteiger partial charge >= 0.3 is 0 Å². The molecule has 0 aliphatic heterocycles. The second kappa shape index (κ2) is 8.02. The fourth-order valence-electron chi connectivity index (χ4n) is 1.70. The Balaban J connectivity index is 3.84. The van der Waals surface area contributed by atoms with Crippen molar-refractivity contribution >= 4 is 17.2 Å². The lowest BCUT2D eigenvalue weighted by Gasteiger charge is -2.28. The van der Waals surface area contributed by atoms with Crippen LogP contribution in [0.4, 0.5) is 0 Å². The van der Waals surface area contributed by atoms with Crippen molar-refractivity contribution in [3.05, 3.63) is 0 Å². The highest BCUT2D eigenvalue weighted by Crippen LogP contribution is 2.04. The Hall–Kier alpha value is -0.190. The third kappa shape index (κ3) is 7.71. The molecule has 90 valence electrons. The Labute approximate surface area is 99.6 Å². The zero-order valence-electron chi connectivity index (χ0n) is 10.5. The third-order valence-corrected chi connectivity index (χ3v) is 2.74. The van der Waals surface area contributed by atoms with E-state index < -0.39 is 0 Å². The van der Waals surface area contributed by atoms with Crippen LogP contribution in [-0.2, 0) is 0 Å². The zero-order valence-corrected chi connectivity index (χ0v) is 11.3. The minimum atomic E-state index is 0.467. The molecular weight excluding hydrogens is 206 g/mol. The molecule has 0 spiro atoms. The summed E-state index contributed by atoms with van der Waals surface area (Å²) in [7, 11) is 4.21. The van der Waals surface area contributed by atoms with Crippen LogP contribution in [0.1, 0.15) is 26.7 Å². The molecule has 0 saturated heterocycles. The summed E-state index contributed by atoms with van der Waals surface area (Å²) in [5.41, 5.74) is 5.56. The number of rotatable bonds is 8. The summed E-state index contributed by atoms with van der Waals surface area (Å²) in [6.07, 6.45) is 2.02. The molecule has 0 fully saturated rings. The molecule has 0 aromatic carbocycles. The SMILES string of the molecule is CCN(CCCN(C)C)C(C)CC(N)=S. The summed E-state index contributed by atoms with van der Waals surface area (Å²) in [6.45, 7) is 7.70. The maximum absolute atomic E-state index is 5.56. The zero-order chi connectivity index (χ0) is 11.8. The van der Waals surface area contributed by atoms with Crippen molar-refractivity contribution in [2.75, 3.05) is 33.7 Å². The van der Waals surface area contributed by atoms with Crippen LogP contribution in [0.2, 0.25) is 0 Å². The molecule has 0 aliphatic carbocycles. The van der Waals surface area contributed by atoms with Gasteiger partial charge in [0.15, 0.2) is 0 Å². The molecule has 0 bridgehead atoms. The standard InChI is InChI=1S/C11H25N3S/c1-5-14(8-6-7-13(3)4)10(2)9-11(12)15/h10H,5-9H2,1-4H3,(H2,12,15). The molecule has 15 heavy (non-hydrogen) atoms. The monoisotopic (exact) mass is 231 g/mol. The molecule has 1 unspecified atom stereocenters. The van der Waals surface area contributed by atoms with Crippen molar-refractivity contribution in [3.63, 3.8) is 0 Å². The highest BCUT2D eigenvalue weighted by molar-refractivity contribution is 7.80. The van der Waals surface area contributed by atoms with E-state index in [4.69, 9.17) is 18.0 Å². The molecule has 0 radical (unpaired) electrons. The number of thiocarbonyl (C=S) groups is 1. The van der Waals surface area contributed by atoms with Crippen molar-refractivity contribution in [2.24, 2.45) is 5.73 Å². The Bertz CT molecular complexity index is 183. The third-order valence-electron chi connectivity index (χ3n) is 2.58. The van der Waals surface area contributed by atoms with Gasteiger partial charge in [0, 0.05) is 12.5 Å². The summed E-state index contributed by atoms with van der Waals surface area (Å²) >= 11 is 4.94. The van der Waals surface area contributed by atoms with E-state index in [-0.39, 0.29) is 0 Å². The summed E-state index contributed by atoms with van der Waals surface area (Å²) in [4.78, 5) is 5.27. The average Bonchev–Trinajstić information content (AvgIpc) is 2.10. The molecule has 0 amide bonds. The normalized spacial score (nSPS) is 13.5. The van der Waals surface area contributed by atoms with Gasteiger partial charge in [0.25, 0.3) is 0 Å². The first kappa shape index (κ1) is 14.8. The molecule has 0 aliphatic rings. The van der Waals surface area contributed by atoms with Crippen molar-refractivity contribution in [1.29, 1.82) is 0 Å². The number of hydrogen-bond donors (Lipinski definition) is 1. The first-order chi connectivity index (χ1) is 6.97. The predicted octanol–water partition coefficient (Wildman–Crippen LogP) is 1.32. The van der Waals surface area contributed by atoms with Crippen molar-refractivity contribution in [3.8, 4) is 0 Å². The van der Waals surface area contributed by atoms with Crippen LogP contribution < -0.4 is 5.73 Å². The van der Waals surface area contributed by atoms with Gasteiger partial charge in [0.2, 0.25) is 0 Å². The molecule has 0 rings (SSSR count). The minimum absolute atomic E-state index is 0.467. The molecule has 0 heterocycles. The molecule has 0 aromatic rings. The summed E-state index contributed by atoms with van der Waals surface area (Å²) in [6, 6.07) is 0.467. The quantitative estimate of drug-likeness (QED) is 0.639. The summed E-state index contributed by atoms with van der Waals surface area (Å²) < 4.78 is 0. The van der Waals surface area contributed by atoms with E-state index in [1.54, 1.807) is 0 Å². The van der Waals surface area contributed by atoms with Crippen molar-refractivity contribution in [2.45, 2.75) is 32.7 Å². The first-order valence-corrected chi connectivity index (χ1v) is 6.05. The van der Waals surface area contributed by atoms with Gasteiger partial charge in [-0.25, -0.2) is 0 Å². The highest BCUT2D eigenvalue weighted by Gasteiger charge is 2.12. The van der Waals surface area contributed by atoms with Gasteiger partial charge < -0.3 is 15.5 Å². The van der Waals surface area contributed by atoms with Gasteiger partial charge in [-0.3, -0.25) is 0 Å². The van der Waals surface area contributed by atoms with E-state index >= 15 is 0 Å². The van der Waals surface area contributed by atoms with Gasteiger partial charge in [-0.05, 0) is 47.1 Å². The summed E-state index contributed by atoms with van der Waals surface area (Å²) in [5, 5.41) is 0. The fourth-order valence-corrected chi connectivity index (χ4v) is 1.94. The Morgan fingerprint density at radius 2 is 1.93 bits per heavy atom. The van der Waals surface area contributed by atoms with Gasteiger partial charge in [-0.1, -0.05) is 19.1 Å². The van der Waals surface area contributed by atoms with Crippen LogP contribution >= 0.6 is 12.2 Å². The lowest BCUT2D eigenvalue weighted by molar-refractivity contribution is 0.212. The van der Waals surface area contributed by atoms with Gasteiger partial charge in [-0.15, -0.1) is 0 Å². The van der Waals surface area contributed by atoms with Crippen LogP contribution in [0.25, 0.3) is 0 Å². The van der Waals surface area contributed by atoms with E-state index in [1.807, 2.05) is 0 Å². The second-order valence-electron chi connectivity index (χ2n) is 4.30. The molecule has 0 aromatic heterocycles. The number of nitrogens with two attached hydrogens (primary N) is 1. The van der Waals surface area contributed by atoms with E-state index in [9.17, 15) is 0 Å². The molecular formula is C11H25N3S. The summed E-state index contributed by atoms with van der Waals surface area (Å²) in [5.74, 6) is 0. The van der Waals surface area contributed by atoms with Gasteiger partial charge in [0.1, 0.15) is 0 Å². The van der Waals surface area contributed by atoms with E-state index in [0.717, 1.165) is 26.1 Å². The highest BCUT2D eigenvalue weighted by atomic mass is 32.1. The lowest BCUT2D eigenvalue weighted by atomic mass is 10.2. The van der Waals surface area contributed by atoms with E-state index in [2.05, 4.69) is 37.7 Å². The molecule has 0 saturated carbocycles. The van der Waals surface area contributed by atoms with Crippen LogP contribution in [-0.4, -0.2) is 54.6 Å². The fraction of sp³-hybridized carbons (Fsp3) is 0.909. The second-order valence-corrected chi connectivity index (χ2v) is 4.83. The van der Waals surface area contributed by atoms with Gasteiger partial charge in [0.05, 0.1) is 4.99 Å². The molecule has 3 nitrogen and oxygen atoms in total. The minimum Gasteiger partial charge on any atom is -0.393 e. The van der Waals surface area contributed by atoms with Crippen LogP contribution in [0, 0.1) is 0 Å². The molecule has 2 N–H and O–H groups in total. The van der Waals surface area contributed by atoms with Crippen LogP contribution in [0.15, 0.2) is 0 Å². The van der Waals surface area contributed by atoms with E-state index in [1.165, 1.54) is 6.42 Å². The molecule has 1 atom stereocenters. The Kier molecular flexibility index (Phi) is 7.92. The van der Waals surface area contributed by atoms with E-state index in [0.29, 0.717) is 11.0 Å². The Morgan fingerprint density at radius 1 is 1.33 bits per heavy atom. The average molecular weight is 231 g/mol. The maximum Gasteiger partial charge on any atom is 0.0742 e. The lowest BCUT2D eigenvalue weighted by Crippen LogP contribution is -2.37. The van der Waals surface area contributed by atoms with Gasteiger partial charge in [-0.2, -0.15) is 0 Å². The largest absolute Gasteiger partial charge is 0.393 e. The van der Waals surface area contributed by atoms with Crippen molar-refractivity contribution < 1.29 is 0 Å². The maximum atomic E-state index is 5.56. The van der Waals surface area contributed by atoms with Crippen molar-refractivity contribution in [1.82, 2.24) is 9.80 Å². The van der Waals surface area contributed by atoms with Crippen LogP contribution in [0.3, 0.4) is 0 Å². The van der Waals surface area contributed by atoms with Crippen LogP contribution in [0.5, 0.6) is 0 Å². The first-order valence-electron chi connectivity index (χ1n) is 5.64. The Morgan fingerprint density at radius 3 is 2.33 bits per heavy atom. The number of nitrogens with zero attached hydrogens (tertiary/aromatic N) is 2. The predicted molar refractivity (Wildman–Crippen MR) is 71.3 cm³/mol. The number of hydrogen-bond acceptors (Lipinski definition) is 3. The molecule has 4 heteroatoms. The smallest absolute Gasteiger partial charge is 0.0742 e. The topological polar surface area (TPSA) is 32.5 Å².